The molecule has 1 aromatic carbocycles. The molecule has 7 heteroatoms. The molecule has 1 aliphatic heterocycles. The molecule has 1 fully saturated rings. The van der Waals surface area contributed by atoms with Gasteiger partial charge < -0.3 is 14.5 Å². The zero-order valence-electron chi connectivity index (χ0n) is 17.4. The maximum Gasteiger partial charge on any atom is 0.226 e. The zero-order valence-corrected chi connectivity index (χ0v) is 18.2. The van der Waals surface area contributed by atoms with Crippen molar-refractivity contribution in [3.8, 4) is 10.8 Å². The van der Waals surface area contributed by atoms with Crippen molar-refractivity contribution in [3.63, 3.8) is 0 Å². The monoisotopic (exact) mass is 425 g/mol. The summed E-state index contributed by atoms with van der Waals surface area (Å²) in [6, 6.07) is 12.5. The number of ether oxygens (including phenoxy) is 1. The van der Waals surface area contributed by atoms with Crippen molar-refractivity contribution in [3.05, 3.63) is 64.4 Å². The van der Waals surface area contributed by atoms with Gasteiger partial charge in [0.25, 0.3) is 0 Å². The van der Waals surface area contributed by atoms with E-state index in [9.17, 15) is 4.79 Å². The minimum atomic E-state index is -0.0205. The number of morpholine rings is 1. The first-order valence-electron chi connectivity index (χ1n) is 10.2. The first-order chi connectivity index (χ1) is 14.6. The Morgan fingerprint density at radius 1 is 1.17 bits per heavy atom. The number of hydrogen-bond donors (Lipinski definition) is 1. The van der Waals surface area contributed by atoms with Crippen molar-refractivity contribution in [2.75, 3.05) is 32.8 Å². The topological polar surface area (TPSA) is 67.6 Å². The van der Waals surface area contributed by atoms with Gasteiger partial charge in [-0.1, -0.05) is 29.8 Å². The molecule has 1 atom stereocenters. The third kappa shape index (κ3) is 5.16. The average molecular weight is 426 g/mol. The van der Waals surface area contributed by atoms with Crippen LogP contribution in [0.15, 0.2) is 46.2 Å². The van der Waals surface area contributed by atoms with Crippen molar-refractivity contribution in [1.82, 2.24) is 15.2 Å². The first kappa shape index (κ1) is 20.8. The smallest absolute Gasteiger partial charge is 0.226 e. The van der Waals surface area contributed by atoms with E-state index in [-0.39, 0.29) is 18.4 Å². The molecule has 0 spiro atoms. The number of nitrogens with zero attached hydrogens (tertiary/aromatic N) is 2. The first-order valence-corrected chi connectivity index (χ1v) is 11.1. The van der Waals surface area contributed by atoms with Gasteiger partial charge in [-0.2, -0.15) is 0 Å². The van der Waals surface area contributed by atoms with E-state index in [4.69, 9.17) is 9.15 Å². The second-order valence-electron chi connectivity index (χ2n) is 7.61. The number of rotatable bonds is 7. The standard InChI is InChI=1S/C23H27N3O3S/c1-16-3-6-18(7-4-16)20(26-9-11-28-12-10-26)14-24-22(27)13-19-15-30-23(25-19)21-8-5-17(2)29-21/h3-8,15,20H,9-14H2,1-2H3,(H,24,27). The predicted molar refractivity (Wildman–Crippen MR) is 118 cm³/mol. The summed E-state index contributed by atoms with van der Waals surface area (Å²) >= 11 is 1.50. The summed E-state index contributed by atoms with van der Waals surface area (Å²) in [5, 5.41) is 5.84. The second kappa shape index (κ2) is 9.55. The molecule has 4 rings (SSSR count). The lowest BCUT2D eigenvalue weighted by Gasteiger charge is -2.35. The van der Waals surface area contributed by atoms with E-state index in [1.165, 1.54) is 22.5 Å². The van der Waals surface area contributed by atoms with Gasteiger partial charge in [-0.15, -0.1) is 11.3 Å². The lowest BCUT2D eigenvalue weighted by Crippen LogP contribution is -2.44. The number of carbonyl (C=O) groups is 1. The third-order valence-electron chi connectivity index (χ3n) is 5.29. The number of thiazole rings is 1. The molecule has 2 aromatic heterocycles. The highest BCUT2D eigenvalue weighted by Crippen LogP contribution is 2.26. The Labute approximate surface area is 180 Å². The Morgan fingerprint density at radius 3 is 2.63 bits per heavy atom. The van der Waals surface area contributed by atoms with Gasteiger partial charge >= 0.3 is 0 Å². The number of carbonyl (C=O) groups excluding carboxylic acids is 1. The van der Waals surface area contributed by atoms with E-state index in [0.29, 0.717) is 6.54 Å². The van der Waals surface area contributed by atoms with Gasteiger partial charge in [-0.25, -0.2) is 4.98 Å². The normalized spacial score (nSPS) is 15.8. The molecule has 0 bridgehead atoms. The number of amides is 1. The SMILES string of the molecule is Cc1ccc(C(CNC(=O)Cc2csc(-c3ccc(C)o3)n2)N2CCOCC2)cc1. The second-order valence-corrected chi connectivity index (χ2v) is 8.47. The largest absolute Gasteiger partial charge is 0.459 e. The molecular formula is C23H27N3O3S. The molecule has 1 amide bonds. The van der Waals surface area contributed by atoms with E-state index < -0.39 is 0 Å². The highest BCUT2D eigenvalue weighted by molar-refractivity contribution is 7.13. The maximum atomic E-state index is 12.6. The van der Waals surface area contributed by atoms with Crippen molar-refractivity contribution < 1.29 is 13.9 Å². The van der Waals surface area contributed by atoms with E-state index >= 15 is 0 Å². The van der Waals surface area contributed by atoms with Crippen LogP contribution < -0.4 is 5.32 Å². The van der Waals surface area contributed by atoms with Gasteiger partial charge in [0.05, 0.1) is 31.4 Å². The highest BCUT2D eigenvalue weighted by atomic mass is 32.1. The molecule has 30 heavy (non-hydrogen) atoms. The summed E-state index contributed by atoms with van der Waals surface area (Å²) in [6.07, 6.45) is 0.264. The minimum absolute atomic E-state index is 0.0205. The summed E-state index contributed by atoms with van der Waals surface area (Å²) in [5.74, 6) is 1.58. The van der Waals surface area contributed by atoms with Crippen LogP contribution in [0.5, 0.6) is 0 Å². The predicted octanol–water partition coefficient (Wildman–Crippen LogP) is 3.75. The van der Waals surface area contributed by atoms with Crippen LogP contribution in [0.3, 0.4) is 0 Å². The fraction of sp³-hybridized carbons (Fsp3) is 0.391. The molecule has 0 radical (unpaired) electrons. The van der Waals surface area contributed by atoms with Crippen molar-refractivity contribution in [2.45, 2.75) is 26.3 Å². The van der Waals surface area contributed by atoms with E-state index in [0.717, 1.165) is 48.5 Å². The van der Waals surface area contributed by atoms with E-state index in [1.807, 2.05) is 24.4 Å². The number of hydrogen-bond acceptors (Lipinski definition) is 6. The Hall–Kier alpha value is -2.48. The summed E-state index contributed by atoms with van der Waals surface area (Å²) in [7, 11) is 0. The van der Waals surface area contributed by atoms with Crippen LogP contribution in [-0.2, 0) is 16.0 Å². The lowest BCUT2D eigenvalue weighted by atomic mass is 10.0. The summed E-state index contributed by atoms with van der Waals surface area (Å²) in [4.78, 5) is 19.6. The van der Waals surface area contributed by atoms with Gasteiger partial charge in [-0.05, 0) is 31.5 Å². The Kier molecular flexibility index (Phi) is 6.62. The fourth-order valence-electron chi connectivity index (χ4n) is 3.62. The lowest BCUT2D eigenvalue weighted by molar-refractivity contribution is -0.120. The molecule has 3 aromatic rings. The van der Waals surface area contributed by atoms with Crippen LogP contribution in [0.2, 0.25) is 0 Å². The molecule has 6 nitrogen and oxygen atoms in total. The van der Waals surface area contributed by atoms with E-state index in [1.54, 1.807) is 0 Å². The van der Waals surface area contributed by atoms with Gasteiger partial charge in [0.1, 0.15) is 5.76 Å². The quantitative estimate of drug-likeness (QED) is 0.624. The fourth-order valence-corrected chi connectivity index (χ4v) is 4.40. The number of nitrogens with one attached hydrogen (secondary N) is 1. The van der Waals surface area contributed by atoms with Gasteiger partial charge in [-0.3, -0.25) is 9.69 Å². The van der Waals surface area contributed by atoms with Crippen LogP contribution in [0.1, 0.15) is 28.6 Å². The van der Waals surface area contributed by atoms with Crippen LogP contribution in [0.4, 0.5) is 0 Å². The molecule has 0 aliphatic carbocycles. The van der Waals surface area contributed by atoms with Gasteiger partial charge in [0.2, 0.25) is 5.91 Å². The van der Waals surface area contributed by atoms with Crippen molar-refractivity contribution >= 4 is 17.2 Å². The summed E-state index contributed by atoms with van der Waals surface area (Å²) in [6.45, 7) is 7.75. The Balaban J connectivity index is 1.38. The number of aryl methyl sites for hydroxylation is 2. The van der Waals surface area contributed by atoms with Crippen LogP contribution in [0, 0.1) is 13.8 Å². The summed E-state index contributed by atoms with van der Waals surface area (Å²) < 4.78 is 11.1. The van der Waals surface area contributed by atoms with Crippen molar-refractivity contribution in [2.24, 2.45) is 0 Å². The van der Waals surface area contributed by atoms with Crippen LogP contribution >= 0.6 is 11.3 Å². The Bertz CT molecular complexity index is 974. The maximum absolute atomic E-state index is 12.6. The van der Waals surface area contributed by atoms with Crippen LogP contribution in [-0.4, -0.2) is 48.6 Å². The Morgan fingerprint density at radius 2 is 1.93 bits per heavy atom. The molecule has 1 aliphatic rings. The zero-order chi connectivity index (χ0) is 20.9. The summed E-state index contributed by atoms with van der Waals surface area (Å²) in [5.41, 5.74) is 3.21. The average Bonchev–Trinajstić information content (AvgIpc) is 3.39. The van der Waals surface area contributed by atoms with Gasteiger partial charge in [0, 0.05) is 25.0 Å². The number of aromatic nitrogens is 1. The molecular weight excluding hydrogens is 398 g/mol. The minimum Gasteiger partial charge on any atom is -0.459 e. The van der Waals surface area contributed by atoms with Crippen molar-refractivity contribution in [1.29, 1.82) is 0 Å². The highest BCUT2D eigenvalue weighted by Gasteiger charge is 2.23. The molecule has 158 valence electrons. The van der Waals surface area contributed by atoms with E-state index in [2.05, 4.69) is 46.4 Å². The van der Waals surface area contributed by atoms with Crippen LogP contribution in [0.25, 0.3) is 10.8 Å². The molecule has 1 N–H and O–H groups in total. The number of benzene rings is 1. The molecule has 0 saturated carbocycles. The van der Waals surface area contributed by atoms with Gasteiger partial charge in [0.15, 0.2) is 10.8 Å². The molecule has 1 saturated heterocycles. The molecule has 3 heterocycles. The number of furan rings is 1. The molecule has 1 unspecified atom stereocenters. The third-order valence-corrected chi connectivity index (χ3v) is 6.19.